The number of aryl methyl sites for hydroxylation is 3. The topological polar surface area (TPSA) is 220 Å². The third-order valence-electron chi connectivity index (χ3n) is 18.7. The van der Waals surface area contributed by atoms with Gasteiger partial charge in [-0.15, -0.1) is 0 Å². The van der Waals surface area contributed by atoms with Gasteiger partial charge in [0.25, 0.3) is 0 Å². The molecule has 14 rings (SSSR count). The summed E-state index contributed by atoms with van der Waals surface area (Å²) in [6.45, 7) is 0.526. The number of phenolic OH excluding ortho intramolecular Hbond substituents is 2. The van der Waals surface area contributed by atoms with Gasteiger partial charge < -0.3 is 56.0 Å². The number of anilines is 1. The number of hydrogen-bond acceptors (Lipinski definition) is 11. The van der Waals surface area contributed by atoms with E-state index < -0.39 is 71.7 Å². The van der Waals surface area contributed by atoms with E-state index in [1.807, 2.05) is 48.8 Å². The van der Waals surface area contributed by atoms with E-state index in [2.05, 4.69) is 68.9 Å². The van der Waals surface area contributed by atoms with Crippen molar-refractivity contribution in [1.82, 2.24) is 15.3 Å². The molecule has 13 heteroatoms. The van der Waals surface area contributed by atoms with Gasteiger partial charge in [0.15, 0.2) is 17.3 Å². The van der Waals surface area contributed by atoms with Crippen molar-refractivity contribution in [2.24, 2.45) is 17.8 Å². The van der Waals surface area contributed by atoms with Gasteiger partial charge in [-0.2, -0.15) is 0 Å². The summed E-state index contributed by atoms with van der Waals surface area (Å²) >= 11 is 0. The lowest BCUT2D eigenvalue weighted by molar-refractivity contribution is -0.135. The van der Waals surface area contributed by atoms with E-state index >= 15 is 9.59 Å². The summed E-state index contributed by atoms with van der Waals surface area (Å²) in [6.07, 6.45) is 16.5. The third-order valence-corrected chi connectivity index (χ3v) is 18.7. The molecule has 4 aromatic carbocycles. The average Bonchev–Trinajstić information content (AvgIpc) is 4.27. The number of aliphatic hydroxyl groups excluding tert-OH is 3. The minimum Gasteiger partial charge on any atom is -0.507 e. The number of benzene rings is 4. The Morgan fingerprint density at radius 2 is 1.59 bits per heavy atom. The summed E-state index contributed by atoms with van der Waals surface area (Å²) in [4.78, 5) is 38.5. The number of carbonyl (C=O) groups is 2. The number of rotatable bonds is 6. The van der Waals surface area contributed by atoms with Crippen LogP contribution in [0.3, 0.4) is 0 Å². The van der Waals surface area contributed by atoms with Crippen molar-refractivity contribution in [3.63, 3.8) is 0 Å². The number of allylic oxidation sites excluding steroid dienone is 1. The molecule has 0 saturated heterocycles. The van der Waals surface area contributed by atoms with Crippen molar-refractivity contribution < 1.29 is 45.0 Å². The summed E-state index contributed by atoms with van der Waals surface area (Å²) in [7, 11) is 0. The highest BCUT2D eigenvalue weighted by Gasteiger charge is 2.47. The minimum atomic E-state index is -1.48. The maximum absolute atomic E-state index is 16.3. The molecule has 10 unspecified atom stereocenters. The average molecular weight is 1090 g/mol. The number of phenols is 2. The number of fused-ring (bicyclic) bond motifs is 10. The van der Waals surface area contributed by atoms with Crippen LogP contribution in [-0.4, -0.2) is 95.7 Å². The van der Waals surface area contributed by atoms with Gasteiger partial charge in [0.1, 0.15) is 29.5 Å². The molecule has 81 heavy (non-hydrogen) atoms. The van der Waals surface area contributed by atoms with Crippen LogP contribution < -0.4 is 15.4 Å². The lowest BCUT2D eigenvalue weighted by Crippen LogP contribution is -2.43. The van der Waals surface area contributed by atoms with Crippen LogP contribution in [0.4, 0.5) is 5.82 Å². The molecule has 13 nitrogen and oxygen atoms in total. The van der Waals surface area contributed by atoms with Gasteiger partial charge in [-0.3, -0.25) is 9.59 Å². The summed E-state index contributed by atoms with van der Waals surface area (Å²) in [5.41, 5.74) is 8.92. The molecular formula is C68H70N4O9. The lowest BCUT2D eigenvalue weighted by atomic mass is 9.65. The van der Waals surface area contributed by atoms with Gasteiger partial charge >= 0.3 is 0 Å². The number of Topliss-reactive ketones (excluding diaryl/α,β-unsaturated/α-hetero) is 2. The van der Waals surface area contributed by atoms with Crippen molar-refractivity contribution in [2.75, 3.05) is 25.0 Å². The van der Waals surface area contributed by atoms with Crippen LogP contribution in [-0.2, 0) is 28.9 Å². The number of ether oxygens (including phenoxy) is 1. The molecular weight excluding hydrogens is 1020 g/mol. The maximum Gasteiger partial charge on any atom is 0.163 e. The number of aliphatic hydroxyl groups is 4. The first-order chi connectivity index (χ1) is 39.4. The molecule has 1 fully saturated rings. The Morgan fingerprint density at radius 1 is 0.765 bits per heavy atom. The second-order valence-electron chi connectivity index (χ2n) is 23.7. The molecule has 10 N–H and O–H groups in total. The fraction of sp³-hybridized carbons (Fsp3) is 0.382. The molecule has 4 aliphatic carbocycles. The Morgan fingerprint density at radius 3 is 2.46 bits per heavy atom. The van der Waals surface area contributed by atoms with Crippen LogP contribution in [0.5, 0.6) is 17.2 Å². The van der Waals surface area contributed by atoms with Gasteiger partial charge in [-0.25, -0.2) is 0 Å². The van der Waals surface area contributed by atoms with Gasteiger partial charge in [-0.05, 0) is 175 Å². The zero-order valence-corrected chi connectivity index (χ0v) is 45.3. The number of aromatic nitrogens is 2. The molecule has 6 aromatic rings. The first-order valence-corrected chi connectivity index (χ1v) is 29.2. The number of aromatic amines is 2. The van der Waals surface area contributed by atoms with E-state index in [1.165, 1.54) is 0 Å². The molecule has 8 aliphatic rings. The number of hydrogen-bond donors (Lipinski definition) is 10. The molecule has 6 heterocycles. The zero-order chi connectivity index (χ0) is 55.5. The normalized spacial score (nSPS) is 27.9. The predicted molar refractivity (Wildman–Crippen MR) is 311 cm³/mol. The van der Waals surface area contributed by atoms with Gasteiger partial charge in [-0.1, -0.05) is 78.6 Å². The molecule has 416 valence electrons. The highest BCUT2D eigenvalue weighted by molar-refractivity contribution is 6.05. The zero-order valence-electron chi connectivity index (χ0n) is 45.3. The summed E-state index contributed by atoms with van der Waals surface area (Å²) < 4.78 is 6.63. The Kier molecular flexibility index (Phi) is 14.2. The van der Waals surface area contributed by atoms with Crippen LogP contribution in [0.1, 0.15) is 143 Å². The molecule has 0 radical (unpaired) electrons. The van der Waals surface area contributed by atoms with Crippen LogP contribution in [0.25, 0.3) is 23.3 Å². The number of ketones is 2. The minimum absolute atomic E-state index is 0.0674. The summed E-state index contributed by atoms with van der Waals surface area (Å²) in [5.74, 6) is 2.50. The van der Waals surface area contributed by atoms with Crippen LogP contribution in [0, 0.1) is 29.6 Å². The second kappa shape index (κ2) is 21.8. The highest BCUT2D eigenvalue weighted by atomic mass is 16.5. The van der Waals surface area contributed by atoms with Gasteiger partial charge in [0, 0.05) is 78.0 Å². The number of nitrogens with one attached hydrogen (secondary N) is 4. The lowest BCUT2D eigenvalue weighted by Gasteiger charge is -2.40. The molecule has 2 aromatic heterocycles. The van der Waals surface area contributed by atoms with Crippen molar-refractivity contribution >= 4 is 29.5 Å². The SMILES string of the molecule is O=C1CCc2cc(OC3CCCC3)c(O)c(c2)C(O)c2cc3c4cc2-c2ccccc2CCCNCC2C#CC(Nc5[nH]ccc5C3C=CC4C2O)C2=Cc3[nH]ccc3C(CC3(O)C=Cc4c(O)cccc4CC3)C2C(=O)C1CCO. The molecule has 4 aliphatic heterocycles. The summed E-state index contributed by atoms with van der Waals surface area (Å²) in [5, 5.41) is 81.0. The van der Waals surface area contributed by atoms with Crippen LogP contribution >= 0.6 is 0 Å². The van der Waals surface area contributed by atoms with Crippen molar-refractivity contribution in [3.8, 4) is 40.2 Å². The fourth-order valence-electron chi connectivity index (χ4n) is 14.5. The first-order valence-electron chi connectivity index (χ1n) is 29.2. The van der Waals surface area contributed by atoms with Crippen molar-refractivity contribution in [1.29, 1.82) is 0 Å². The predicted octanol–water partition coefficient (Wildman–Crippen LogP) is 9.58. The quantitative estimate of drug-likeness (QED) is 0.0430. The maximum atomic E-state index is 16.3. The smallest absolute Gasteiger partial charge is 0.163 e. The Hall–Kier alpha value is -7.44. The number of aromatic hydroxyl groups is 2. The Labute approximate surface area is 471 Å². The Balaban J connectivity index is 1.05. The monoisotopic (exact) mass is 1090 g/mol. The van der Waals surface area contributed by atoms with Crippen molar-refractivity contribution in [3.05, 3.63) is 176 Å². The largest absolute Gasteiger partial charge is 0.507 e. The molecule has 0 amide bonds. The third kappa shape index (κ3) is 9.84. The summed E-state index contributed by atoms with van der Waals surface area (Å²) in [6, 6.07) is 24.4. The standard InChI is InChI=1S/C68H70N4O9/c73-30-24-49-60(75)19-14-38-31-55(65(78)61(32-38)81-42-10-2-3-11-42)64(77)53-34-51-45-16-17-47-52(51)33-50(53)43-12-4-1-7-39(43)9-6-27-69-37-41(63(47)76)15-18-57(72-67-48(45)23-29-71-67)54-35-58-46(22-28-70-58)56(62(54)66(49)79)36-68(80)25-20-40-8-5-13-59(74)44(40)21-26-68/h1,4-5,7-8,12-13,16-17,21-23,26,28-29,31-35,41-42,45,47,49,56-57,62-64,69-74,76-78,80H,2-3,6,9-11,14,19-20,24-25,27,30,36-37H2. The van der Waals surface area contributed by atoms with E-state index in [9.17, 15) is 30.6 Å². The van der Waals surface area contributed by atoms with Crippen molar-refractivity contribution in [2.45, 2.75) is 125 Å². The molecule has 10 bridgehead atoms. The van der Waals surface area contributed by atoms with E-state index in [-0.39, 0.29) is 66.8 Å². The number of H-pyrrole nitrogens is 2. The van der Waals surface area contributed by atoms with Gasteiger partial charge in [0.2, 0.25) is 0 Å². The molecule has 0 spiro atoms. The molecule has 10 atom stereocenters. The fourth-order valence-corrected chi connectivity index (χ4v) is 14.5. The van der Waals surface area contributed by atoms with Gasteiger partial charge in [0.05, 0.1) is 29.6 Å². The van der Waals surface area contributed by atoms with E-state index in [1.54, 1.807) is 36.4 Å². The van der Waals surface area contributed by atoms with E-state index in [0.29, 0.717) is 47.6 Å². The first kappa shape index (κ1) is 52.9. The van der Waals surface area contributed by atoms with Crippen LogP contribution in [0.2, 0.25) is 0 Å². The highest BCUT2D eigenvalue weighted by Crippen LogP contribution is 2.52. The van der Waals surface area contributed by atoms with E-state index in [0.717, 1.165) is 88.7 Å². The van der Waals surface area contributed by atoms with Crippen LogP contribution in [0.15, 0.2) is 115 Å². The Bertz CT molecular complexity index is 3590. The van der Waals surface area contributed by atoms with E-state index in [4.69, 9.17) is 4.74 Å². The second-order valence-corrected chi connectivity index (χ2v) is 23.7. The molecule has 1 saturated carbocycles. The number of carbonyl (C=O) groups excluding carboxylic acids is 2.